The first-order valence-electron chi connectivity index (χ1n) is 9.25. The van der Waals surface area contributed by atoms with Gasteiger partial charge in [-0.15, -0.1) is 0 Å². The van der Waals surface area contributed by atoms with Crippen LogP contribution in [0.1, 0.15) is 64.9 Å². The Morgan fingerprint density at radius 2 is 1.25 bits per heavy atom. The first-order chi connectivity index (χ1) is 11.4. The molecule has 0 radical (unpaired) electrons. The van der Waals surface area contributed by atoms with Crippen molar-refractivity contribution in [2.45, 2.75) is 85.2 Å². The van der Waals surface area contributed by atoms with Crippen molar-refractivity contribution < 1.29 is 13.2 Å². The van der Waals surface area contributed by atoms with E-state index >= 15 is 0 Å². The Balaban J connectivity index is 3.05. The summed E-state index contributed by atoms with van der Waals surface area (Å²) in [5.41, 5.74) is 0.174. The van der Waals surface area contributed by atoms with Crippen molar-refractivity contribution in [2.24, 2.45) is 0 Å². The van der Waals surface area contributed by atoms with E-state index in [1.165, 1.54) is 45.0 Å². The number of aromatic nitrogens is 2. The molecule has 0 fully saturated rings. The zero-order valence-corrected chi connectivity index (χ0v) is 18.1. The van der Waals surface area contributed by atoms with Crippen LogP contribution in [0.25, 0.3) is 0 Å². The Morgan fingerprint density at radius 1 is 0.833 bits per heavy atom. The minimum atomic E-state index is -4.20. The monoisotopic (exact) mass is 452 g/mol. The fourth-order valence-electron chi connectivity index (χ4n) is 3.21. The molecule has 1 rings (SSSR count). The molecule has 0 aliphatic rings. The second-order valence-corrected chi connectivity index (χ2v) is 19.7. The van der Waals surface area contributed by atoms with E-state index in [1.807, 2.05) is 0 Å². The topological polar surface area (TPSA) is 25.8 Å². The van der Waals surface area contributed by atoms with Gasteiger partial charge in [-0.25, -0.2) is 0 Å². The van der Waals surface area contributed by atoms with E-state index < -0.39 is 31.0 Å². The van der Waals surface area contributed by atoms with E-state index in [-0.39, 0.29) is 5.56 Å². The zero-order chi connectivity index (χ0) is 18.1. The first kappa shape index (κ1) is 21.7. The van der Waals surface area contributed by atoms with Crippen LogP contribution in [0.2, 0.25) is 13.3 Å². The van der Waals surface area contributed by atoms with E-state index in [1.54, 1.807) is 0 Å². The van der Waals surface area contributed by atoms with E-state index in [2.05, 4.69) is 30.7 Å². The number of halogens is 3. The van der Waals surface area contributed by atoms with Gasteiger partial charge in [0.15, 0.2) is 0 Å². The first-order valence-corrected chi connectivity index (χ1v) is 16.7. The average Bonchev–Trinajstić information content (AvgIpc) is 2.54. The Labute approximate surface area is 148 Å². The molecule has 0 saturated heterocycles. The Bertz CT molecular complexity index is 439. The molecule has 2 nitrogen and oxygen atoms in total. The Kier molecular flexibility index (Phi) is 9.60. The molecular weight excluding hydrogens is 420 g/mol. The molecule has 24 heavy (non-hydrogen) atoms. The molecule has 6 heteroatoms. The van der Waals surface area contributed by atoms with Crippen LogP contribution in [0.4, 0.5) is 13.2 Å². The predicted molar refractivity (Wildman–Crippen MR) is 96.3 cm³/mol. The number of alkyl halides is 3. The van der Waals surface area contributed by atoms with Gasteiger partial charge in [0, 0.05) is 0 Å². The van der Waals surface area contributed by atoms with Gasteiger partial charge >= 0.3 is 149 Å². The van der Waals surface area contributed by atoms with Crippen molar-refractivity contribution in [1.82, 2.24) is 9.97 Å². The van der Waals surface area contributed by atoms with Gasteiger partial charge in [0.05, 0.1) is 0 Å². The second kappa shape index (κ2) is 10.6. The molecule has 0 N–H and O–H groups in total. The molecule has 0 saturated carbocycles. The normalized spacial score (nSPS) is 12.6. The van der Waals surface area contributed by atoms with Gasteiger partial charge in [0.25, 0.3) is 0 Å². The summed E-state index contributed by atoms with van der Waals surface area (Å²) in [6, 6.07) is 0. The quantitative estimate of drug-likeness (QED) is 0.408. The summed E-state index contributed by atoms with van der Waals surface area (Å²) in [4.78, 5) is 8.95. The summed E-state index contributed by atoms with van der Waals surface area (Å²) in [5, 5.41) is 0. The maximum atomic E-state index is 12.5. The molecule has 1 aromatic heterocycles. The number of hydrogen-bond acceptors (Lipinski definition) is 2. The average molecular weight is 451 g/mol. The molecule has 0 atom stereocenters. The van der Waals surface area contributed by atoms with Gasteiger partial charge in [0.2, 0.25) is 0 Å². The molecule has 138 valence electrons. The van der Waals surface area contributed by atoms with Crippen LogP contribution in [-0.2, 0) is 6.42 Å². The van der Waals surface area contributed by atoms with Crippen molar-refractivity contribution in [3.63, 3.8) is 0 Å². The molecule has 0 unspecified atom stereocenters. The molecule has 0 aliphatic heterocycles. The number of hydrogen-bond donors (Lipinski definition) is 0. The molecule has 0 bridgehead atoms. The third kappa shape index (κ3) is 7.28. The van der Waals surface area contributed by atoms with E-state index in [4.69, 9.17) is 0 Å². The molecule has 0 aliphatic carbocycles. The van der Waals surface area contributed by atoms with Gasteiger partial charge in [-0.05, 0) is 0 Å². The standard InChI is InChI=1S/C6H4F3N2.3C4H9.Sn/c7-6(8,9)1-5-2-10-4-11-3-5;3*1-3-4-2;/h2-3H,1H2;3*1,3-4H2,2H3;. The van der Waals surface area contributed by atoms with Crippen LogP contribution >= 0.6 is 0 Å². The number of nitrogens with zero attached hydrogens (tertiary/aromatic N) is 2. The summed E-state index contributed by atoms with van der Waals surface area (Å²) in [7, 11) is 0. The predicted octanol–water partition coefficient (Wildman–Crippen LogP) is 5.64. The van der Waals surface area contributed by atoms with E-state index in [9.17, 15) is 13.2 Å². The van der Waals surface area contributed by atoms with Gasteiger partial charge in [0.1, 0.15) is 0 Å². The minimum absolute atomic E-state index is 0.174. The third-order valence-electron chi connectivity index (χ3n) is 4.61. The molecular formula is C18H31F3N2Sn. The summed E-state index contributed by atoms with van der Waals surface area (Å²) >= 11 is -2.71. The fourth-order valence-corrected chi connectivity index (χ4v) is 18.0. The number of unbranched alkanes of at least 4 members (excludes halogenated alkanes) is 3. The second-order valence-electron chi connectivity index (χ2n) is 6.80. The van der Waals surface area contributed by atoms with Crippen molar-refractivity contribution in [3.05, 3.63) is 18.0 Å². The van der Waals surface area contributed by atoms with Crippen LogP contribution in [0.15, 0.2) is 12.4 Å². The fraction of sp³-hybridized carbons (Fsp3) is 0.778. The van der Waals surface area contributed by atoms with Gasteiger partial charge < -0.3 is 0 Å². The Morgan fingerprint density at radius 3 is 1.58 bits per heavy atom. The van der Waals surface area contributed by atoms with Crippen molar-refractivity contribution in [2.75, 3.05) is 0 Å². The third-order valence-corrected chi connectivity index (χ3v) is 19.3. The maximum absolute atomic E-state index is 12.5. The zero-order valence-electron chi connectivity index (χ0n) is 15.3. The summed E-state index contributed by atoms with van der Waals surface area (Å²) < 4.78 is 42.2. The summed E-state index contributed by atoms with van der Waals surface area (Å²) in [5.74, 6) is 0. The van der Waals surface area contributed by atoms with Crippen molar-refractivity contribution in [1.29, 1.82) is 0 Å². The van der Waals surface area contributed by atoms with E-state index in [0.29, 0.717) is 0 Å². The van der Waals surface area contributed by atoms with Crippen LogP contribution in [0, 0.1) is 0 Å². The van der Waals surface area contributed by atoms with Gasteiger partial charge in [-0.3, -0.25) is 0 Å². The SMILES string of the molecule is CCC[CH2][Sn]([CH2]CCC)([CH2]CCC)[c]1ncc(CC(F)(F)F)cn1. The van der Waals surface area contributed by atoms with Crippen LogP contribution in [0.5, 0.6) is 0 Å². The summed E-state index contributed by atoms with van der Waals surface area (Å²) in [6.07, 6.45) is 4.75. The Hall–Kier alpha value is -0.331. The number of rotatable bonds is 11. The van der Waals surface area contributed by atoms with Crippen LogP contribution in [0.3, 0.4) is 0 Å². The molecule has 0 aromatic carbocycles. The molecule has 0 amide bonds. The van der Waals surface area contributed by atoms with E-state index in [0.717, 1.165) is 23.1 Å². The van der Waals surface area contributed by atoms with Crippen molar-refractivity contribution in [3.8, 4) is 0 Å². The van der Waals surface area contributed by atoms with Crippen LogP contribution < -0.4 is 3.84 Å². The van der Waals surface area contributed by atoms with Crippen molar-refractivity contribution >= 4 is 22.2 Å². The summed E-state index contributed by atoms with van der Waals surface area (Å²) in [6.45, 7) is 6.59. The van der Waals surface area contributed by atoms with Gasteiger partial charge in [-0.1, -0.05) is 0 Å². The van der Waals surface area contributed by atoms with Gasteiger partial charge in [-0.2, -0.15) is 0 Å². The molecule has 1 heterocycles. The molecule has 1 aromatic rings. The molecule has 0 spiro atoms. The van der Waals surface area contributed by atoms with Crippen LogP contribution in [-0.4, -0.2) is 34.5 Å².